The number of nitrogens with two attached hydrogens (primary N) is 1. The molecule has 3 aliphatic heterocycles. The summed E-state index contributed by atoms with van der Waals surface area (Å²) in [4.78, 5) is 19.8. The number of methoxy groups -OCH3 is 1. The third kappa shape index (κ3) is 4.55. The Morgan fingerprint density at radius 2 is 2.03 bits per heavy atom. The molecule has 0 saturated carbocycles. The smallest absolute Gasteiger partial charge is 0.417 e. The molecule has 1 amide bonds. The van der Waals surface area contributed by atoms with Gasteiger partial charge in [-0.2, -0.15) is 0 Å². The number of carbonyl (C=O) groups excluding carboxylic acids is 1. The maximum Gasteiger partial charge on any atom is 0.417 e. The first-order valence-corrected chi connectivity index (χ1v) is 11.7. The average molecular weight is 488 g/mol. The highest BCUT2D eigenvalue weighted by Gasteiger charge is 2.37. The Balaban J connectivity index is 1.51. The van der Waals surface area contributed by atoms with Gasteiger partial charge in [0.2, 0.25) is 0 Å². The van der Waals surface area contributed by atoms with Crippen molar-refractivity contribution in [2.24, 2.45) is 5.92 Å². The monoisotopic (exact) mass is 487 g/mol. The molecule has 35 heavy (non-hydrogen) atoms. The summed E-state index contributed by atoms with van der Waals surface area (Å²) in [6, 6.07) is 11.7. The maximum atomic E-state index is 11.9. The minimum atomic E-state index is -0.424. The number of fused-ring (bicyclic) bond motifs is 1. The summed E-state index contributed by atoms with van der Waals surface area (Å²) in [6.07, 6.45) is 13.9. The number of benzene rings is 1. The molecule has 2 aromatic rings. The van der Waals surface area contributed by atoms with E-state index in [-0.39, 0.29) is 12.1 Å². The Morgan fingerprint density at radius 1 is 1.23 bits per heavy atom. The summed E-state index contributed by atoms with van der Waals surface area (Å²) in [5.41, 5.74) is 12.4. The average Bonchev–Trinajstić information content (AvgIpc) is 3.20. The molecule has 3 N–H and O–H groups in total. The van der Waals surface area contributed by atoms with E-state index >= 15 is 0 Å². The van der Waals surface area contributed by atoms with Crippen LogP contribution in [0.15, 0.2) is 96.4 Å². The Hall–Kier alpha value is -3.97. The van der Waals surface area contributed by atoms with Crippen LogP contribution < -0.4 is 11.1 Å². The van der Waals surface area contributed by atoms with E-state index in [0.29, 0.717) is 17.3 Å². The zero-order chi connectivity index (χ0) is 24.5. The van der Waals surface area contributed by atoms with Crippen LogP contribution >= 0.6 is 11.6 Å². The van der Waals surface area contributed by atoms with Gasteiger partial charge in [-0.1, -0.05) is 42.0 Å². The number of nitrogens with zero attached hydrogens (tertiary/aromatic N) is 3. The van der Waals surface area contributed by atoms with Gasteiger partial charge in [0, 0.05) is 59.1 Å². The second-order valence-electron chi connectivity index (χ2n) is 8.63. The lowest BCUT2D eigenvalue weighted by atomic mass is 9.93. The number of allylic oxidation sites excluding steroid dienone is 4. The predicted molar refractivity (Wildman–Crippen MR) is 137 cm³/mol. The van der Waals surface area contributed by atoms with E-state index in [4.69, 9.17) is 22.1 Å². The highest BCUT2D eigenvalue weighted by atomic mass is 35.5. The summed E-state index contributed by atoms with van der Waals surface area (Å²) in [5.74, 6) is 0.492. The number of amides is 1. The van der Waals surface area contributed by atoms with E-state index in [1.807, 2.05) is 48.7 Å². The SMILES string of the molecule is COC(=O)N1C=CC(C2=C(C)NC3C(c4cccc(Cl)c4)=CC(Cc4ccc(N)nc4)=CN23)C=C1. The fourth-order valence-electron chi connectivity index (χ4n) is 4.65. The van der Waals surface area contributed by atoms with Crippen molar-refractivity contribution >= 4 is 29.1 Å². The van der Waals surface area contributed by atoms with E-state index in [1.54, 1.807) is 12.4 Å². The van der Waals surface area contributed by atoms with Gasteiger partial charge in [0.05, 0.1) is 7.11 Å². The molecule has 0 saturated heterocycles. The lowest BCUT2D eigenvalue weighted by Crippen LogP contribution is -2.38. The van der Waals surface area contributed by atoms with Crippen molar-refractivity contribution in [2.45, 2.75) is 19.5 Å². The van der Waals surface area contributed by atoms with Crippen LogP contribution in [0.1, 0.15) is 18.1 Å². The number of ether oxygens (including phenoxy) is 1. The van der Waals surface area contributed by atoms with Crippen molar-refractivity contribution in [3.05, 3.63) is 113 Å². The van der Waals surface area contributed by atoms with Gasteiger partial charge < -0.3 is 20.7 Å². The molecule has 1 aromatic heterocycles. The normalized spacial score (nSPS) is 19.3. The van der Waals surface area contributed by atoms with Crippen molar-refractivity contribution < 1.29 is 9.53 Å². The van der Waals surface area contributed by atoms with E-state index in [2.05, 4.69) is 40.5 Å². The van der Waals surface area contributed by atoms with E-state index in [0.717, 1.165) is 33.7 Å². The van der Waals surface area contributed by atoms with Gasteiger partial charge in [0.25, 0.3) is 0 Å². The summed E-state index contributed by atoms with van der Waals surface area (Å²) in [7, 11) is 1.37. The van der Waals surface area contributed by atoms with Crippen LogP contribution in [-0.2, 0) is 11.2 Å². The van der Waals surface area contributed by atoms with E-state index in [9.17, 15) is 4.79 Å². The molecule has 178 valence electrons. The summed E-state index contributed by atoms with van der Waals surface area (Å²) >= 11 is 6.35. The van der Waals surface area contributed by atoms with Crippen molar-refractivity contribution in [3.63, 3.8) is 0 Å². The molecule has 0 bridgehead atoms. The summed E-state index contributed by atoms with van der Waals surface area (Å²) < 4.78 is 4.82. The fraction of sp³-hybridized carbons (Fsp3) is 0.185. The number of aromatic nitrogens is 1. The number of carbonyl (C=O) groups is 1. The molecule has 1 atom stereocenters. The van der Waals surface area contributed by atoms with Crippen LogP contribution in [0.5, 0.6) is 0 Å². The third-order valence-electron chi connectivity index (χ3n) is 6.26. The first-order valence-electron chi connectivity index (χ1n) is 11.3. The number of hydrogen-bond acceptors (Lipinski definition) is 6. The first kappa shape index (κ1) is 22.8. The third-order valence-corrected chi connectivity index (χ3v) is 6.49. The van der Waals surface area contributed by atoms with Gasteiger partial charge >= 0.3 is 6.09 Å². The van der Waals surface area contributed by atoms with Crippen LogP contribution in [0.3, 0.4) is 0 Å². The summed E-state index contributed by atoms with van der Waals surface area (Å²) in [6.45, 7) is 2.08. The van der Waals surface area contributed by atoms with Crippen molar-refractivity contribution in [1.29, 1.82) is 0 Å². The Bertz CT molecular complexity index is 1300. The number of rotatable bonds is 4. The fourth-order valence-corrected chi connectivity index (χ4v) is 4.84. The zero-order valence-corrected chi connectivity index (χ0v) is 20.2. The molecule has 3 aliphatic rings. The molecule has 1 unspecified atom stereocenters. The predicted octanol–water partition coefficient (Wildman–Crippen LogP) is 5.03. The van der Waals surface area contributed by atoms with Gasteiger partial charge in [-0.15, -0.1) is 0 Å². The van der Waals surface area contributed by atoms with Crippen LogP contribution in [-0.4, -0.2) is 34.2 Å². The summed E-state index contributed by atoms with van der Waals surface area (Å²) in [5, 5.41) is 4.35. The number of hydrogen-bond donors (Lipinski definition) is 2. The van der Waals surface area contributed by atoms with Gasteiger partial charge in [-0.3, -0.25) is 4.90 Å². The zero-order valence-electron chi connectivity index (χ0n) is 19.5. The molecule has 0 fully saturated rings. The largest absolute Gasteiger partial charge is 0.452 e. The van der Waals surface area contributed by atoms with Crippen LogP contribution in [0, 0.1) is 5.92 Å². The Labute approximate surface area is 209 Å². The lowest BCUT2D eigenvalue weighted by molar-refractivity contribution is 0.151. The van der Waals surface area contributed by atoms with Gasteiger partial charge in [-0.05, 0) is 47.9 Å². The minimum Gasteiger partial charge on any atom is -0.452 e. The molecular formula is C27H26ClN5O2. The van der Waals surface area contributed by atoms with Crippen LogP contribution in [0.4, 0.5) is 10.6 Å². The van der Waals surface area contributed by atoms with Gasteiger partial charge in [-0.25, -0.2) is 9.78 Å². The van der Waals surface area contributed by atoms with E-state index < -0.39 is 6.09 Å². The van der Waals surface area contributed by atoms with Gasteiger partial charge in [0.1, 0.15) is 12.0 Å². The standard InChI is InChI=1S/C27H26ClN5O2/c1-17-25(20-8-10-32(11-9-20)27(34)35-2)33-16-19(12-18-6-7-24(29)30-15-18)13-23(26(33)31-17)21-4-3-5-22(28)14-21/h3-11,13-16,20,26,31H,12H2,1-2H3,(H2,29,30). The molecule has 0 aliphatic carbocycles. The first-order chi connectivity index (χ1) is 16.9. The molecule has 7 nitrogen and oxygen atoms in total. The number of nitrogen functional groups attached to an aromatic ring is 1. The number of anilines is 1. The van der Waals surface area contributed by atoms with Crippen LogP contribution in [0.2, 0.25) is 5.02 Å². The lowest BCUT2D eigenvalue weighted by Gasteiger charge is -2.34. The van der Waals surface area contributed by atoms with Crippen molar-refractivity contribution in [3.8, 4) is 0 Å². The van der Waals surface area contributed by atoms with Crippen molar-refractivity contribution in [2.75, 3.05) is 12.8 Å². The molecule has 1 aromatic carbocycles. The minimum absolute atomic E-state index is 0.0113. The second kappa shape index (κ2) is 9.35. The second-order valence-corrected chi connectivity index (χ2v) is 9.07. The molecule has 8 heteroatoms. The Kier molecular flexibility index (Phi) is 6.09. The molecular weight excluding hydrogens is 462 g/mol. The van der Waals surface area contributed by atoms with Crippen LogP contribution in [0.25, 0.3) is 5.57 Å². The van der Waals surface area contributed by atoms with E-state index in [1.165, 1.54) is 12.0 Å². The Morgan fingerprint density at radius 3 is 2.71 bits per heavy atom. The highest BCUT2D eigenvalue weighted by Crippen LogP contribution is 2.40. The molecule has 0 spiro atoms. The molecule has 4 heterocycles. The quantitative estimate of drug-likeness (QED) is 0.629. The van der Waals surface area contributed by atoms with Crippen molar-refractivity contribution in [1.82, 2.24) is 20.1 Å². The maximum absolute atomic E-state index is 11.9. The number of halogens is 1. The number of nitrogens with one attached hydrogen (secondary N) is 1. The van der Waals surface area contributed by atoms with Gasteiger partial charge in [0.15, 0.2) is 0 Å². The topological polar surface area (TPSA) is 83.7 Å². The molecule has 5 rings (SSSR count). The number of pyridine rings is 1. The highest BCUT2D eigenvalue weighted by molar-refractivity contribution is 6.30. The molecule has 0 radical (unpaired) electrons.